The van der Waals surface area contributed by atoms with Crippen molar-refractivity contribution in [1.29, 1.82) is 0 Å². The molecule has 0 aliphatic rings. The molecule has 2 rings (SSSR count). The van der Waals surface area contributed by atoms with E-state index in [2.05, 4.69) is 15.9 Å². The number of methoxy groups -OCH3 is 2. The highest BCUT2D eigenvalue weighted by Crippen LogP contribution is 2.39. The molecule has 112 valence electrons. The zero-order valence-electron chi connectivity index (χ0n) is 11.9. The van der Waals surface area contributed by atoms with Crippen molar-refractivity contribution in [2.45, 2.75) is 11.8 Å². The van der Waals surface area contributed by atoms with Crippen LogP contribution in [0.3, 0.4) is 0 Å². The summed E-state index contributed by atoms with van der Waals surface area (Å²) in [6, 6.07) is 7.59. The van der Waals surface area contributed by atoms with Crippen LogP contribution in [-0.4, -0.2) is 14.2 Å². The number of rotatable bonds is 4. The summed E-state index contributed by atoms with van der Waals surface area (Å²) in [6.07, 6.45) is 0. The Hall–Kier alpha value is -1.62. The van der Waals surface area contributed by atoms with E-state index in [1.54, 1.807) is 25.3 Å². The van der Waals surface area contributed by atoms with Crippen molar-refractivity contribution in [3.63, 3.8) is 0 Å². The standard InChI is InChI=1S/C16H15BrF2O2/c1-9-6-14(19)12(8-13(9)18)16(17)11-5-4-10(20-2)7-15(11)21-3/h4-8,16H,1-3H3. The number of hydrogen-bond acceptors (Lipinski definition) is 2. The molecule has 0 aromatic heterocycles. The Labute approximate surface area is 130 Å². The molecule has 1 unspecified atom stereocenters. The molecule has 0 spiro atoms. The molecule has 2 aromatic rings. The van der Waals surface area contributed by atoms with Crippen LogP contribution >= 0.6 is 15.9 Å². The van der Waals surface area contributed by atoms with E-state index in [9.17, 15) is 8.78 Å². The first-order valence-electron chi connectivity index (χ1n) is 6.29. The van der Waals surface area contributed by atoms with E-state index in [1.807, 2.05) is 0 Å². The van der Waals surface area contributed by atoms with Crippen molar-refractivity contribution in [2.24, 2.45) is 0 Å². The van der Waals surface area contributed by atoms with Gasteiger partial charge in [-0.1, -0.05) is 22.0 Å². The molecule has 0 radical (unpaired) electrons. The number of alkyl halides is 1. The zero-order chi connectivity index (χ0) is 15.6. The lowest BCUT2D eigenvalue weighted by Crippen LogP contribution is -2.02. The topological polar surface area (TPSA) is 18.5 Å². The molecule has 0 fully saturated rings. The van der Waals surface area contributed by atoms with Crippen LogP contribution in [0.15, 0.2) is 30.3 Å². The predicted molar refractivity (Wildman–Crippen MR) is 81.4 cm³/mol. The molecule has 2 nitrogen and oxygen atoms in total. The lowest BCUT2D eigenvalue weighted by molar-refractivity contribution is 0.391. The summed E-state index contributed by atoms with van der Waals surface area (Å²) in [5.41, 5.74) is 1.19. The Bertz CT molecular complexity index is 659. The minimum Gasteiger partial charge on any atom is -0.497 e. The van der Waals surface area contributed by atoms with Crippen LogP contribution in [0.2, 0.25) is 0 Å². The van der Waals surface area contributed by atoms with Gasteiger partial charge in [0.2, 0.25) is 0 Å². The first kappa shape index (κ1) is 15.8. The molecule has 0 amide bonds. The van der Waals surface area contributed by atoms with Crippen molar-refractivity contribution in [3.05, 3.63) is 58.7 Å². The van der Waals surface area contributed by atoms with E-state index < -0.39 is 16.5 Å². The largest absolute Gasteiger partial charge is 0.497 e. The molecule has 0 saturated carbocycles. The second kappa shape index (κ2) is 6.43. The summed E-state index contributed by atoms with van der Waals surface area (Å²) in [5, 5.41) is 0. The third kappa shape index (κ3) is 3.18. The van der Waals surface area contributed by atoms with Crippen LogP contribution in [0.4, 0.5) is 8.78 Å². The predicted octanol–water partition coefficient (Wildman–Crippen LogP) is 4.77. The normalized spacial score (nSPS) is 12.1. The van der Waals surface area contributed by atoms with E-state index in [0.29, 0.717) is 17.1 Å². The summed E-state index contributed by atoms with van der Waals surface area (Å²) < 4.78 is 38.2. The average molecular weight is 357 g/mol. The molecule has 1 atom stereocenters. The van der Waals surface area contributed by atoms with E-state index in [1.165, 1.54) is 26.2 Å². The minimum absolute atomic E-state index is 0.224. The lowest BCUT2D eigenvalue weighted by Gasteiger charge is -2.17. The van der Waals surface area contributed by atoms with Gasteiger partial charge in [0.05, 0.1) is 19.0 Å². The molecular formula is C16H15BrF2O2. The van der Waals surface area contributed by atoms with Crippen LogP contribution in [-0.2, 0) is 0 Å². The Morgan fingerprint density at radius 3 is 2.29 bits per heavy atom. The second-order valence-electron chi connectivity index (χ2n) is 4.59. The van der Waals surface area contributed by atoms with Crippen molar-refractivity contribution >= 4 is 15.9 Å². The molecule has 2 aromatic carbocycles. The Kier molecular flexibility index (Phi) is 4.83. The fourth-order valence-corrected chi connectivity index (χ4v) is 2.78. The average Bonchev–Trinajstić information content (AvgIpc) is 2.49. The van der Waals surface area contributed by atoms with E-state index >= 15 is 0 Å². The summed E-state index contributed by atoms with van der Waals surface area (Å²) in [6.45, 7) is 1.53. The van der Waals surface area contributed by atoms with Gasteiger partial charge in [-0.15, -0.1) is 0 Å². The third-order valence-corrected chi connectivity index (χ3v) is 4.25. The van der Waals surface area contributed by atoms with Crippen molar-refractivity contribution in [2.75, 3.05) is 14.2 Å². The first-order chi connectivity index (χ1) is 9.97. The quantitative estimate of drug-likeness (QED) is 0.734. The van der Waals surface area contributed by atoms with Crippen LogP contribution in [0.25, 0.3) is 0 Å². The lowest BCUT2D eigenvalue weighted by atomic mass is 10.0. The van der Waals surface area contributed by atoms with Gasteiger partial charge in [0.25, 0.3) is 0 Å². The van der Waals surface area contributed by atoms with E-state index in [-0.39, 0.29) is 11.1 Å². The summed E-state index contributed by atoms with van der Waals surface area (Å²) in [4.78, 5) is -0.520. The Morgan fingerprint density at radius 1 is 0.952 bits per heavy atom. The fourth-order valence-electron chi connectivity index (χ4n) is 2.05. The highest BCUT2D eigenvalue weighted by molar-refractivity contribution is 9.09. The van der Waals surface area contributed by atoms with Crippen molar-refractivity contribution in [3.8, 4) is 11.5 Å². The molecular weight excluding hydrogens is 342 g/mol. The summed E-state index contributed by atoms with van der Waals surface area (Å²) in [5.74, 6) is 0.263. The monoisotopic (exact) mass is 356 g/mol. The first-order valence-corrected chi connectivity index (χ1v) is 7.21. The van der Waals surface area contributed by atoms with Gasteiger partial charge in [-0.3, -0.25) is 0 Å². The van der Waals surface area contributed by atoms with Crippen LogP contribution in [0.1, 0.15) is 21.5 Å². The molecule has 0 aliphatic heterocycles. The maximum atomic E-state index is 14.1. The van der Waals surface area contributed by atoms with Crippen LogP contribution < -0.4 is 9.47 Å². The smallest absolute Gasteiger partial charge is 0.128 e. The van der Waals surface area contributed by atoms with Gasteiger partial charge in [-0.2, -0.15) is 0 Å². The van der Waals surface area contributed by atoms with Crippen LogP contribution in [0.5, 0.6) is 11.5 Å². The van der Waals surface area contributed by atoms with Crippen LogP contribution in [0, 0.1) is 18.6 Å². The van der Waals surface area contributed by atoms with Gasteiger partial charge in [-0.05, 0) is 30.7 Å². The molecule has 5 heteroatoms. The number of benzene rings is 2. The van der Waals surface area contributed by atoms with Gasteiger partial charge >= 0.3 is 0 Å². The third-order valence-electron chi connectivity index (χ3n) is 3.26. The number of ether oxygens (including phenoxy) is 2. The van der Waals surface area contributed by atoms with Crippen molar-refractivity contribution in [1.82, 2.24) is 0 Å². The Balaban J connectivity index is 2.49. The summed E-state index contributed by atoms with van der Waals surface area (Å²) >= 11 is 3.41. The minimum atomic E-state index is -0.520. The number of halogens is 3. The molecule has 0 saturated heterocycles. The highest BCUT2D eigenvalue weighted by atomic mass is 79.9. The number of hydrogen-bond donors (Lipinski definition) is 0. The maximum absolute atomic E-state index is 14.1. The number of aryl methyl sites for hydroxylation is 1. The zero-order valence-corrected chi connectivity index (χ0v) is 13.5. The van der Waals surface area contributed by atoms with E-state index in [4.69, 9.17) is 9.47 Å². The van der Waals surface area contributed by atoms with E-state index in [0.717, 1.165) is 0 Å². The van der Waals surface area contributed by atoms with Gasteiger partial charge in [0.1, 0.15) is 23.1 Å². The van der Waals surface area contributed by atoms with Crippen molar-refractivity contribution < 1.29 is 18.3 Å². The second-order valence-corrected chi connectivity index (χ2v) is 5.51. The SMILES string of the molecule is COc1ccc(C(Br)c2cc(F)c(C)cc2F)c(OC)c1. The van der Waals surface area contributed by atoms with Gasteiger partial charge in [0.15, 0.2) is 0 Å². The summed E-state index contributed by atoms with van der Waals surface area (Å²) in [7, 11) is 3.07. The molecule has 21 heavy (non-hydrogen) atoms. The van der Waals surface area contributed by atoms with Gasteiger partial charge < -0.3 is 9.47 Å². The van der Waals surface area contributed by atoms with Gasteiger partial charge in [-0.25, -0.2) is 8.78 Å². The Morgan fingerprint density at radius 2 is 1.67 bits per heavy atom. The maximum Gasteiger partial charge on any atom is 0.128 e. The molecule has 0 N–H and O–H groups in total. The molecule has 0 aliphatic carbocycles. The fraction of sp³-hybridized carbons (Fsp3) is 0.250. The van der Waals surface area contributed by atoms with Gasteiger partial charge in [0, 0.05) is 17.2 Å². The molecule has 0 heterocycles. The highest BCUT2D eigenvalue weighted by Gasteiger charge is 2.20. The molecule has 0 bridgehead atoms.